The average Bonchev–Trinajstić information content (AvgIpc) is 2.50. The van der Waals surface area contributed by atoms with Gasteiger partial charge in [-0.25, -0.2) is 0 Å². The first-order valence-corrected chi connectivity index (χ1v) is 9.15. The molecule has 0 aromatic heterocycles. The van der Waals surface area contributed by atoms with E-state index < -0.39 is 0 Å². The molecule has 1 aliphatic heterocycles. The highest BCUT2D eigenvalue weighted by atomic mass is 35.5. The summed E-state index contributed by atoms with van der Waals surface area (Å²) in [7, 11) is 0. The number of rotatable bonds is 7. The van der Waals surface area contributed by atoms with Gasteiger partial charge >= 0.3 is 0 Å². The SMILES string of the molecule is Cc1cc(Cl)ccc1OCCCNC(=O)CC1CSCCN1. The number of hydrogen-bond donors (Lipinski definition) is 2. The highest BCUT2D eigenvalue weighted by Gasteiger charge is 2.16. The number of thioether (sulfide) groups is 1. The van der Waals surface area contributed by atoms with Crippen LogP contribution in [0.2, 0.25) is 5.02 Å². The van der Waals surface area contributed by atoms with Gasteiger partial charge in [-0.05, 0) is 37.1 Å². The van der Waals surface area contributed by atoms with E-state index in [2.05, 4.69) is 10.6 Å². The van der Waals surface area contributed by atoms with Crippen molar-refractivity contribution >= 4 is 29.3 Å². The zero-order valence-electron chi connectivity index (χ0n) is 12.9. The molecule has 4 nitrogen and oxygen atoms in total. The Hall–Kier alpha value is -0.910. The van der Waals surface area contributed by atoms with E-state index >= 15 is 0 Å². The lowest BCUT2D eigenvalue weighted by molar-refractivity contribution is -0.121. The molecule has 0 radical (unpaired) electrons. The van der Waals surface area contributed by atoms with Gasteiger partial charge in [0.1, 0.15) is 5.75 Å². The molecule has 0 aliphatic carbocycles. The lowest BCUT2D eigenvalue weighted by Gasteiger charge is -2.22. The molecule has 0 spiro atoms. The Morgan fingerprint density at radius 1 is 1.55 bits per heavy atom. The number of ether oxygens (including phenoxy) is 1. The Balaban J connectivity index is 1.57. The van der Waals surface area contributed by atoms with Crippen LogP contribution in [0.4, 0.5) is 0 Å². The Morgan fingerprint density at radius 3 is 3.14 bits per heavy atom. The molecule has 2 N–H and O–H groups in total. The van der Waals surface area contributed by atoms with Gasteiger partial charge in [0.05, 0.1) is 6.61 Å². The minimum atomic E-state index is 0.114. The standard InChI is InChI=1S/C16H23ClN2O2S/c1-12-9-13(17)3-4-15(12)21-7-2-5-19-16(20)10-14-11-22-8-6-18-14/h3-4,9,14,18H,2,5-8,10-11H2,1H3,(H,19,20). The van der Waals surface area contributed by atoms with Crippen LogP contribution in [0.5, 0.6) is 5.75 Å². The van der Waals surface area contributed by atoms with Gasteiger partial charge in [0, 0.05) is 42.1 Å². The van der Waals surface area contributed by atoms with Crippen molar-refractivity contribution in [1.82, 2.24) is 10.6 Å². The molecule has 1 amide bonds. The Morgan fingerprint density at radius 2 is 2.41 bits per heavy atom. The number of benzene rings is 1. The molecular formula is C16H23ClN2O2S. The van der Waals surface area contributed by atoms with E-state index in [0.717, 1.165) is 35.8 Å². The maximum Gasteiger partial charge on any atom is 0.221 e. The fourth-order valence-corrected chi connectivity index (χ4v) is 3.48. The van der Waals surface area contributed by atoms with Crippen molar-refractivity contribution in [2.45, 2.75) is 25.8 Å². The first kappa shape index (κ1) is 17.4. The van der Waals surface area contributed by atoms with E-state index in [-0.39, 0.29) is 5.91 Å². The van der Waals surface area contributed by atoms with Gasteiger partial charge in [0.25, 0.3) is 0 Å². The van der Waals surface area contributed by atoms with Crippen LogP contribution in [0.3, 0.4) is 0 Å². The van der Waals surface area contributed by atoms with Crippen molar-refractivity contribution in [3.05, 3.63) is 28.8 Å². The number of halogens is 1. The predicted molar refractivity (Wildman–Crippen MR) is 93.0 cm³/mol. The second-order valence-corrected chi connectivity index (χ2v) is 6.98. The molecule has 0 saturated carbocycles. The number of amides is 1. The summed E-state index contributed by atoms with van der Waals surface area (Å²) in [6.45, 7) is 4.20. The number of nitrogens with one attached hydrogen (secondary N) is 2. The third kappa shape index (κ3) is 6.07. The van der Waals surface area contributed by atoms with Crippen molar-refractivity contribution in [2.75, 3.05) is 31.2 Å². The molecule has 1 saturated heterocycles. The van der Waals surface area contributed by atoms with E-state index in [1.807, 2.05) is 36.9 Å². The molecule has 2 rings (SSSR count). The molecule has 1 aromatic carbocycles. The van der Waals surface area contributed by atoms with Crippen LogP contribution < -0.4 is 15.4 Å². The quantitative estimate of drug-likeness (QED) is 0.748. The fourth-order valence-electron chi connectivity index (χ4n) is 2.30. The molecule has 1 atom stereocenters. The van der Waals surface area contributed by atoms with Crippen LogP contribution >= 0.6 is 23.4 Å². The molecule has 6 heteroatoms. The molecule has 1 heterocycles. The van der Waals surface area contributed by atoms with Gasteiger partial charge in [0.2, 0.25) is 5.91 Å². The molecule has 22 heavy (non-hydrogen) atoms. The zero-order valence-corrected chi connectivity index (χ0v) is 14.4. The normalized spacial score (nSPS) is 18.0. The summed E-state index contributed by atoms with van der Waals surface area (Å²) in [5, 5.41) is 7.03. The van der Waals surface area contributed by atoms with Crippen molar-refractivity contribution < 1.29 is 9.53 Å². The van der Waals surface area contributed by atoms with Gasteiger partial charge in [-0.2, -0.15) is 11.8 Å². The van der Waals surface area contributed by atoms with Gasteiger partial charge in [-0.1, -0.05) is 11.6 Å². The minimum Gasteiger partial charge on any atom is -0.493 e. The lowest BCUT2D eigenvalue weighted by Crippen LogP contribution is -2.41. The van der Waals surface area contributed by atoms with Gasteiger partial charge in [-0.15, -0.1) is 0 Å². The smallest absolute Gasteiger partial charge is 0.221 e. The lowest BCUT2D eigenvalue weighted by atomic mass is 10.2. The maximum absolute atomic E-state index is 11.8. The number of hydrogen-bond acceptors (Lipinski definition) is 4. The summed E-state index contributed by atoms with van der Waals surface area (Å²) >= 11 is 7.81. The number of aryl methyl sites for hydroxylation is 1. The van der Waals surface area contributed by atoms with E-state index in [0.29, 0.717) is 30.6 Å². The van der Waals surface area contributed by atoms with Gasteiger partial charge in [0.15, 0.2) is 0 Å². The molecule has 1 unspecified atom stereocenters. The highest BCUT2D eigenvalue weighted by molar-refractivity contribution is 7.99. The Kier molecular flexibility index (Phi) is 7.36. The minimum absolute atomic E-state index is 0.114. The monoisotopic (exact) mass is 342 g/mol. The summed E-state index contributed by atoms with van der Waals surface area (Å²) < 4.78 is 5.70. The van der Waals surface area contributed by atoms with Crippen LogP contribution in [0.1, 0.15) is 18.4 Å². The highest BCUT2D eigenvalue weighted by Crippen LogP contribution is 2.21. The largest absolute Gasteiger partial charge is 0.493 e. The Labute approximate surface area is 141 Å². The summed E-state index contributed by atoms with van der Waals surface area (Å²) in [5.41, 5.74) is 1.03. The first-order valence-electron chi connectivity index (χ1n) is 7.62. The summed E-state index contributed by atoms with van der Waals surface area (Å²) in [6.07, 6.45) is 1.35. The second-order valence-electron chi connectivity index (χ2n) is 5.39. The van der Waals surface area contributed by atoms with E-state index in [4.69, 9.17) is 16.3 Å². The van der Waals surface area contributed by atoms with E-state index in [9.17, 15) is 4.79 Å². The number of carbonyl (C=O) groups excluding carboxylic acids is 1. The average molecular weight is 343 g/mol. The van der Waals surface area contributed by atoms with Crippen LogP contribution in [0.25, 0.3) is 0 Å². The van der Waals surface area contributed by atoms with E-state index in [1.165, 1.54) is 0 Å². The fraction of sp³-hybridized carbons (Fsp3) is 0.562. The van der Waals surface area contributed by atoms with Crippen LogP contribution in [-0.2, 0) is 4.79 Å². The van der Waals surface area contributed by atoms with Crippen LogP contribution in [-0.4, -0.2) is 43.2 Å². The third-order valence-corrected chi connectivity index (χ3v) is 4.83. The van der Waals surface area contributed by atoms with Gasteiger partial charge < -0.3 is 15.4 Å². The van der Waals surface area contributed by atoms with Crippen molar-refractivity contribution in [3.8, 4) is 5.75 Å². The van der Waals surface area contributed by atoms with Crippen LogP contribution in [0, 0.1) is 6.92 Å². The predicted octanol–water partition coefficient (Wildman–Crippen LogP) is 2.63. The third-order valence-electron chi connectivity index (χ3n) is 3.47. The first-order chi connectivity index (χ1) is 10.6. The van der Waals surface area contributed by atoms with Crippen molar-refractivity contribution in [3.63, 3.8) is 0 Å². The summed E-state index contributed by atoms with van der Waals surface area (Å²) in [4.78, 5) is 11.8. The van der Waals surface area contributed by atoms with Gasteiger partial charge in [-0.3, -0.25) is 4.79 Å². The molecular weight excluding hydrogens is 320 g/mol. The van der Waals surface area contributed by atoms with Crippen LogP contribution in [0.15, 0.2) is 18.2 Å². The zero-order chi connectivity index (χ0) is 15.8. The molecule has 1 fully saturated rings. The summed E-state index contributed by atoms with van der Waals surface area (Å²) in [6, 6.07) is 5.89. The Bertz CT molecular complexity index is 493. The van der Waals surface area contributed by atoms with Crippen molar-refractivity contribution in [1.29, 1.82) is 0 Å². The molecule has 1 aliphatic rings. The van der Waals surface area contributed by atoms with E-state index in [1.54, 1.807) is 0 Å². The topological polar surface area (TPSA) is 50.4 Å². The second kappa shape index (κ2) is 9.28. The molecule has 0 bridgehead atoms. The number of carbonyl (C=O) groups is 1. The maximum atomic E-state index is 11.8. The summed E-state index contributed by atoms with van der Waals surface area (Å²) in [5.74, 6) is 3.12. The molecule has 1 aromatic rings. The van der Waals surface area contributed by atoms with Crippen molar-refractivity contribution in [2.24, 2.45) is 0 Å². The molecule has 122 valence electrons.